The van der Waals surface area contributed by atoms with Gasteiger partial charge in [0.15, 0.2) is 0 Å². The lowest BCUT2D eigenvalue weighted by molar-refractivity contribution is -0.149. The Kier molecular flexibility index (Phi) is 3.75. The maximum absolute atomic E-state index is 13.7. The molecule has 1 spiro atoms. The highest BCUT2D eigenvalue weighted by Gasteiger charge is 2.52. The molecule has 0 radical (unpaired) electrons. The van der Waals surface area contributed by atoms with Gasteiger partial charge < -0.3 is 4.74 Å². The van der Waals surface area contributed by atoms with Gasteiger partial charge in [-0.3, -0.25) is 0 Å². The minimum atomic E-state index is -3.81. The normalized spacial score (nSPS) is 18.8. The monoisotopic (exact) mass is 373 g/mol. The van der Waals surface area contributed by atoms with Crippen molar-refractivity contribution < 1.29 is 22.3 Å². The Hall–Kier alpha value is -2.51. The molecule has 0 amide bonds. The van der Waals surface area contributed by atoms with Crippen LogP contribution in [0.15, 0.2) is 53.4 Å². The van der Waals surface area contributed by atoms with Crippen LogP contribution in [0.3, 0.4) is 0 Å². The summed E-state index contributed by atoms with van der Waals surface area (Å²) < 4.78 is 42.3. The van der Waals surface area contributed by atoms with Crippen molar-refractivity contribution in [3.8, 4) is 0 Å². The second-order valence-electron chi connectivity index (χ2n) is 6.57. The minimum absolute atomic E-state index is 0.0120. The Morgan fingerprint density at radius 2 is 1.73 bits per heavy atom. The minimum Gasteiger partial charge on any atom is -0.451 e. The summed E-state index contributed by atoms with van der Waals surface area (Å²) in [6, 6.07) is 11.8. The first-order chi connectivity index (χ1) is 12.3. The molecule has 1 aliphatic heterocycles. The van der Waals surface area contributed by atoms with E-state index in [1.54, 1.807) is 24.3 Å². The van der Waals surface area contributed by atoms with Crippen molar-refractivity contribution in [3.05, 3.63) is 65.5 Å². The Morgan fingerprint density at radius 1 is 1.04 bits per heavy atom. The third kappa shape index (κ3) is 2.64. The Morgan fingerprint density at radius 3 is 2.27 bits per heavy atom. The largest absolute Gasteiger partial charge is 0.451 e. The van der Waals surface area contributed by atoms with Crippen LogP contribution >= 0.6 is 0 Å². The zero-order valence-corrected chi connectivity index (χ0v) is 14.6. The summed E-state index contributed by atoms with van der Waals surface area (Å²) in [6.45, 7) is 0. The second kappa shape index (κ2) is 5.75. The molecule has 0 unspecified atom stereocenters. The molecule has 5 nitrogen and oxygen atoms in total. The maximum atomic E-state index is 13.7. The molecule has 2 aliphatic rings. The third-order valence-corrected chi connectivity index (χ3v) is 5.87. The molecule has 134 valence electrons. The highest BCUT2D eigenvalue weighted by atomic mass is 32.2. The van der Waals surface area contributed by atoms with E-state index in [1.807, 2.05) is 0 Å². The van der Waals surface area contributed by atoms with E-state index in [1.165, 1.54) is 24.3 Å². The van der Waals surface area contributed by atoms with Crippen LogP contribution < -0.4 is 5.14 Å². The van der Waals surface area contributed by atoms with Gasteiger partial charge in [0, 0.05) is 5.57 Å². The van der Waals surface area contributed by atoms with Gasteiger partial charge in [-0.1, -0.05) is 24.3 Å². The van der Waals surface area contributed by atoms with E-state index in [0.29, 0.717) is 35.1 Å². The molecule has 1 fully saturated rings. The molecular weight excluding hydrogens is 357 g/mol. The van der Waals surface area contributed by atoms with Gasteiger partial charge in [0.05, 0.1) is 10.5 Å². The number of sulfonamides is 1. The van der Waals surface area contributed by atoms with Gasteiger partial charge in [-0.25, -0.2) is 22.7 Å². The van der Waals surface area contributed by atoms with E-state index < -0.39 is 27.4 Å². The smallest absolute Gasteiger partial charge is 0.340 e. The molecule has 0 atom stereocenters. The van der Waals surface area contributed by atoms with Crippen LogP contribution in [0.5, 0.6) is 0 Å². The maximum Gasteiger partial charge on any atom is 0.340 e. The number of ether oxygens (including phenoxy) is 1. The summed E-state index contributed by atoms with van der Waals surface area (Å²) in [5.74, 6) is -0.929. The number of hydrogen-bond acceptors (Lipinski definition) is 4. The van der Waals surface area contributed by atoms with E-state index in [4.69, 9.17) is 9.88 Å². The molecule has 2 aromatic rings. The van der Waals surface area contributed by atoms with Gasteiger partial charge >= 0.3 is 5.97 Å². The number of carbonyl (C=O) groups excluding carboxylic acids is 1. The molecule has 26 heavy (non-hydrogen) atoms. The zero-order chi connectivity index (χ0) is 18.5. The third-order valence-electron chi connectivity index (χ3n) is 4.94. The lowest BCUT2D eigenvalue weighted by Crippen LogP contribution is -2.38. The standard InChI is InChI=1S/C19H16FNO4S/c20-14-4-1-3-13(11-14)16-17(19(9-2-10-19)25-18(16)22)12-5-7-15(8-6-12)26(21,23)24/h1,3-8,11H,2,9-10H2,(H2,21,23,24). The number of nitrogens with two attached hydrogens (primary N) is 1. The molecule has 2 aromatic carbocycles. The molecule has 1 heterocycles. The SMILES string of the molecule is NS(=O)(=O)c1ccc(C2=C(c3cccc(F)c3)C(=O)OC23CCC3)cc1. The number of esters is 1. The van der Waals surface area contributed by atoms with E-state index in [-0.39, 0.29) is 4.90 Å². The highest BCUT2D eigenvalue weighted by Crippen LogP contribution is 2.53. The first-order valence-electron chi connectivity index (χ1n) is 8.17. The Balaban J connectivity index is 1.91. The summed E-state index contributed by atoms with van der Waals surface area (Å²) in [5.41, 5.74) is 1.40. The van der Waals surface area contributed by atoms with Gasteiger partial charge in [0.25, 0.3) is 0 Å². The topological polar surface area (TPSA) is 86.5 Å². The number of benzene rings is 2. The van der Waals surface area contributed by atoms with Crippen LogP contribution in [0.4, 0.5) is 4.39 Å². The average Bonchev–Trinajstić information content (AvgIpc) is 2.88. The van der Waals surface area contributed by atoms with E-state index >= 15 is 0 Å². The molecule has 4 rings (SSSR count). The van der Waals surface area contributed by atoms with Crippen molar-refractivity contribution in [2.45, 2.75) is 29.8 Å². The lowest BCUT2D eigenvalue weighted by atomic mass is 9.71. The van der Waals surface area contributed by atoms with Gasteiger partial charge in [0.2, 0.25) is 10.0 Å². The van der Waals surface area contributed by atoms with Crippen LogP contribution in [-0.2, 0) is 19.6 Å². The lowest BCUT2D eigenvalue weighted by Gasteiger charge is -2.39. The van der Waals surface area contributed by atoms with E-state index in [9.17, 15) is 17.6 Å². The number of primary sulfonamides is 1. The predicted octanol–water partition coefficient (Wildman–Crippen LogP) is 2.86. The fourth-order valence-electron chi connectivity index (χ4n) is 3.58. The number of halogens is 1. The Labute approximate surface area is 150 Å². The molecule has 0 aromatic heterocycles. The molecule has 1 aliphatic carbocycles. The van der Waals surface area contributed by atoms with Crippen molar-refractivity contribution in [3.63, 3.8) is 0 Å². The first kappa shape index (κ1) is 16.9. The molecule has 0 bridgehead atoms. The van der Waals surface area contributed by atoms with Crippen LogP contribution in [0.1, 0.15) is 30.4 Å². The molecule has 0 saturated heterocycles. The summed E-state index contributed by atoms with van der Waals surface area (Å²) >= 11 is 0. The summed E-state index contributed by atoms with van der Waals surface area (Å²) in [6.07, 6.45) is 2.29. The average molecular weight is 373 g/mol. The summed E-state index contributed by atoms with van der Waals surface area (Å²) in [5, 5.41) is 5.15. The fraction of sp³-hybridized carbons (Fsp3) is 0.211. The van der Waals surface area contributed by atoms with Crippen LogP contribution in [0, 0.1) is 5.82 Å². The van der Waals surface area contributed by atoms with E-state index in [2.05, 4.69) is 0 Å². The van der Waals surface area contributed by atoms with Crippen LogP contribution in [-0.4, -0.2) is 20.0 Å². The van der Waals surface area contributed by atoms with Crippen molar-refractivity contribution >= 4 is 27.1 Å². The predicted molar refractivity (Wildman–Crippen MR) is 93.7 cm³/mol. The van der Waals surface area contributed by atoms with Crippen LogP contribution in [0.2, 0.25) is 0 Å². The zero-order valence-electron chi connectivity index (χ0n) is 13.7. The Bertz CT molecular complexity index is 1040. The van der Waals surface area contributed by atoms with Crippen molar-refractivity contribution in [1.82, 2.24) is 0 Å². The summed E-state index contributed by atoms with van der Waals surface area (Å²) in [7, 11) is -3.81. The van der Waals surface area contributed by atoms with Gasteiger partial charge in [-0.2, -0.15) is 0 Å². The quantitative estimate of drug-likeness (QED) is 0.838. The van der Waals surface area contributed by atoms with Crippen molar-refractivity contribution in [1.29, 1.82) is 0 Å². The van der Waals surface area contributed by atoms with E-state index in [0.717, 1.165) is 6.42 Å². The van der Waals surface area contributed by atoms with Gasteiger partial charge in [0.1, 0.15) is 11.4 Å². The van der Waals surface area contributed by atoms with Gasteiger partial charge in [-0.05, 0) is 54.7 Å². The van der Waals surface area contributed by atoms with Crippen molar-refractivity contribution in [2.24, 2.45) is 5.14 Å². The van der Waals surface area contributed by atoms with Crippen molar-refractivity contribution in [2.75, 3.05) is 0 Å². The fourth-order valence-corrected chi connectivity index (χ4v) is 4.10. The first-order valence-corrected chi connectivity index (χ1v) is 9.72. The summed E-state index contributed by atoms with van der Waals surface area (Å²) in [4.78, 5) is 12.6. The highest BCUT2D eigenvalue weighted by molar-refractivity contribution is 7.89. The molecular formula is C19H16FNO4S. The number of carbonyl (C=O) groups is 1. The second-order valence-corrected chi connectivity index (χ2v) is 8.13. The molecule has 1 saturated carbocycles. The van der Waals surface area contributed by atoms with Crippen LogP contribution in [0.25, 0.3) is 11.1 Å². The molecule has 7 heteroatoms. The number of rotatable bonds is 3. The van der Waals surface area contributed by atoms with Gasteiger partial charge in [-0.15, -0.1) is 0 Å². The molecule has 2 N–H and O–H groups in total. The number of hydrogen-bond donors (Lipinski definition) is 1.